The summed E-state index contributed by atoms with van der Waals surface area (Å²) >= 11 is 3.47. The van der Waals surface area contributed by atoms with E-state index in [9.17, 15) is 4.79 Å². The van der Waals surface area contributed by atoms with E-state index in [1.807, 2.05) is 0 Å². The van der Waals surface area contributed by atoms with E-state index in [-0.39, 0.29) is 5.41 Å². The molecule has 0 aliphatic heterocycles. The molecule has 2 rings (SSSR count). The molecule has 0 aromatic carbocycles. The molecule has 17 heavy (non-hydrogen) atoms. The Morgan fingerprint density at radius 2 is 1.88 bits per heavy atom. The van der Waals surface area contributed by atoms with Gasteiger partial charge in [0, 0.05) is 17.8 Å². The lowest BCUT2D eigenvalue weighted by molar-refractivity contribution is -0.123. The minimum atomic E-state index is 0.208. The highest BCUT2D eigenvalue weighted by molar-refractivity contribution is 9.09. The SMILES string of the molecule is CC(C)(CCBr)CNC(=O)C1C2CCCCC21. The first-order chi connectivity index (χ1) is 8.05. The van der Waals surface area contributed by atoms with Crippen LogP contribution in [0.15, 0.2) is 0 Å². The molecule has 2 nitrogen and oxygen atoms in total. The second-order valence-electron chi connectivity index (χ2n) is 6.46. The topological polar surface area (TPSA) is 29.1 Å². The third kappa shape index (κ3) is 3.24. The number of fused-ring (bicyclic) bond motifs is 1. The summed E-state index contributed by atoms with van der Waals surface area (Å²) in [6.45, 7) is 5.25. The standard InChI is InChI=1S/C14H24BrNO/c1-14(2,7-8-15)9-16-13(17)12-10-5-3-4-6-11(10)12/h10-12H,3-9H2,1-2H3,(H,16,17). The van der Waals surface area contributed by atoms with Crippen LogP contribution in [0.4, 0.5) is 0 Å². The first-order valence-corrected chi connectivity index (χ1v) is 8.01. The predicted octanol–water partition coefficient (Wildman–Crippen LogP) is 3.35. The monoisotopic (exact) mass is 301 g/mol. The van der Waals surface area contributed by atoms with E-state index < -0.39 is 0 Å². The Morgan fingerprint density at radius 3 is 2.41 bits per heavy atom. The van der Waals surface area contributed by atoms with Gasteiger partial charge in [-0.3, -0.25) is 4.79 Å². The molecule has 3 heteroatoms. The smallest absolute Gasteiger partial charge is 0.223 e. The number of alkyl halides is 1. The highest BCUT2D eigenvalue weighted by Gasteiger charge is 2.54. The summed E-state index contributed by atoms with van der Waals surface area (Å²) in [5.41, 5.74) is 0.208. The van der Waals surface area contributed by atoms with Crippen molar-refractivity contribution in [1.29, 1.82) is 0 Å². The van der Waals surface area contributed by atoms with Crippen molar-refractivity contribution in [2.45, 2.75) is 46.0 Å². The molecule has 0 radical (unpaired) electrons. The minimum Gasteiger partial charge on any atom is -0.355 e. The molecule has 98 valence electrons. The summed E-state index contributed by atoms with van der Waals surface area (Å²) in [6.07, 6.45) is 6.34. The van der Waals surface area contributed by atoms with Gasteiger partial charge in [-0.25, -0.2) is 0 Å². The molecule has 2 saturated carbocycles. The van der Waals surface area contributed by atoms with Crippen LogP contribution < -0.4 is 5.32 Å². The Kier molecular flexibility index (Phi) is 4.17. The Morgan fingerprint density at radius 1 is 1.29 bits per heavy atom. The summed E-state index contributed by atoms with van der Waals surface area (Å²) in [5, 5.41) is 4.17. The van der Waals surface area contributed by atoms with Crippen molar-refractivity contribution in [2.24, 2.45) is 23.2 Å². The Labute approximate surface area is 113 Å². The second kappa shape index (κ2) is 5.29. The number of nitrogens with one attached hydrogen (secondary N) is 1. The third-order valence-corrected chi connectivity index (χ3v) is 4.87. The van der Waals surface area contributed by atoms with Crippen LogP contribution in [-0.4, -0.2) is 17.8 Å². The van der Waals surface area contributed by atoms with Gasteiger partial charge in [0.1, 0.15) is 0 Å². The Balaban J connectivity index is 1.75. The van der Waals surface area contributed by atoms with Crippen LogP contribution in [-0.2, 0) is 4.79 Å². The molecule has 0 spiro atoms. The summed E-state index contributed by atoms with van der Waals surface area (Å²) in [7, 11) is 0. The number of rotatable bonds is 5. The fourth-order valence-corrected chi connectivity index (χ4v) is 4.24. The van der Waals surface area contributed by atoms with Crippen molar-refractivity contribution in [3.05, 3.63) is 0 Å². The van der Waals surface area contributed by atoms with Crippen LogP contribution in [0.25, 0.3) is 0 Å². The lowest BCUT2D eigenvalue weighted by Gasteiger charge is -2.23. The first-order valence-electron chi connectivity index (χ1n) is 6.89. The fourth-order valence-electron chi connectivity index (χ4n) is 3.17. The molecule has 0 heterocycles. The number of carbonyl (C=O) groups is 1. The van der Waals surface area contributed by atoms with Crippen molar-refractivity contribution < 1.29 is 4.79 Å². The van der Waals surface area contributed by atoms with Gasteiger partial charge >= 0.3 is 0 Å². The van der Waals surface area contributed by atoms with Crippen LogP contribution in [0.5, 0.6) is 0 Å². The molecule has 2 aliphatic rings. The van der Waals surface area contributed by atoms with E-state index in [0.717, 1.165) is 30.1 Å². The minimum absolute atomic E-state index is 0.208. The quantitative estimate of drug-likeness (QED) is 0.775. The van der Waals surface area contributed by atoms with E-state index in [2.05, 4.69) is 35.1 Å². The zero-order chi connectivity index (χ0) is 12.5. The van der Waals surface area contributed by atoms with Gasteiger partial charge in [0.05, 0.1) is 0 Å². The molecule has 2 unspecified atom stereocenters. The zero-order valence-electron chi connectivity index (χ0n) is 11.0. The van der Waals surface area contributed by atoms with Crippen LogP contribution in [0.1, 0.15) is 46.0 Å². The number of carbonyl (C=O) groups excluding carboxylic acids is 1. The molecule has 2 atom stereocenters. The molecule has 0 saturated heterocycles. The average Bonchev–Trinajstić information content (AvgIpc) is 3.00. The zero-order valence-corrected chi connectivity index (χ0v) is 12.6. The maximum atomic E-state index is 12.1. The van der Waals surface area contributed by atoms with Gasteiger partial charge < -0.3 is 5.32 Å². The first kappa shape index (κ1) is 13.4. The van der Waals surface area contributed by atoms with Gasteiger partial charge in [0.25, 0.3) is 0 Å². The molecule has 2 aliphatic carbocycles. The van der Waals surface area contributed by atoms with Crippen molar-refractivity contribution >= 4 is 21.8 Å². The molecular formula is C14H24BrNO. The van der Waals surface area contributed by atoms with Crippen molar-refractivity contribution in [3.8, 4) is 0 Å². The van der Waals surface area contributed by atoms with Crippen molar-refractivity contribution in [3.63, 3.8) is 0 Å². The summed E-state index contributed by atoms with van der Waals surface area (Å²) in [6, 6.07) is 0. The van der Waals surface area contributed by atoms with Gasteiger partial charge in [-0.2, -0.15) is 0 Å². The van der Waals surface area contributed by atoms with Crippen LogP contribution in [0.3, 0.4) is 0 Å². The summed E-state index contributed by atoms with van der Waals surface area (Å²) in [4.78, 5) is 12.1. The lowest BCUT2D eigenvalue weighted by Crippen LogP contribution is -2.35. The van der Waals surface area contributed by atoms with Crippen LogP contribution >= 0.6 is 15.9 Å². The van der Waals surface area contributed by atoms with Gasteiger partial charge in [-0.1, -0.05) is 42.6 Å². The molecule has 1 N–H and O–H groups in total. The van der Waals surface area contributed by atoms with E-state index in [1.165, 1.54) is 25.7 Å². The maximum Gasteiger partial charge on any atom is 0.223 e. The number of amides is 1. The second-order valence-corrected chi connectivity index (χ2v) is 7.25. The van der Waals surface area contributed by atoms with Gasteiger partial charge in [0.2, 0.25) is 5.91 Å². The molecule has 1 amide bonds. The van der Waals surface area contributed by atoms with Gasteiger partial charge in [-0.05, 0) is 36.5 Å². The molecule has 0 aromatic rings. The van der Waals surface area contributed by atoms with Crippen LogP contribution in [0.2, 0.25) is 0 Å². The Hall–Kier alpha value is -0.0500. The van der Waals surface area contributed by atoms with Crippen molar-refractivity contribution in [2.75, 3.05) is 11.9 Å². The molecular weight excluding hydrogens is 278 g/mol. The summed E-state index contributed by atoms with van der Waals surface area (Å²) in [5.74, 6) is 2.13. The number of halogens is 1. The number of hydrogen-bond donors (Lipinski definition) is 1. The molecule has 0 aromatic heterocycles. The maximum absolute atomic E-state index is 12.1. The summed E-state index contributed by atoms with van der Waals surface area (Å²) < 4.78 is 0. The highest BCUT2D eigenvalue weighted by atomic mass is 79.9. The predicted molar refractivity (Wildman–Crippen MR) is 74.1 cm³/mol. The molecule has 2 fully saturated rings. The normalized spacial score (nSPS) is 31.8. The van der Waals surface area contributed by atoms with Gasteiger partial charge in [-0.15, -0.1) is 0 Å². The lowest BCUT2D eigenvalue weighted by atomic mass is 9.90. The number of hydrogen-bond acceptors (Lipinski definition) is 1. The van der Waals surface area contributed by atoms with Crippen molar-refractivity contribution in [1.82, 2.24) is 5.32 Å². The fraction of sp³-hybridized carbons (Fsp3) is 0.929. The van der Waals surface area contributed by atoms with E-state index in [1.54, 1.807) is 0 Å². The van der Waals surface area contributed by atoms with E-state index in [4.69, 9.17) is 0 Å². The highest BCUT2D eigenvalue weighted by Crippen LogP contribution is 2.55. The van der Waals surface area contributed by atoms with E-state index >= 15 is 0 Å². The average molecular weight is 302 g/mol. The van der Waals surface area contributed by atoms with E-state index in [0.29, 0.717) is 11.8 Å². The Bertz CT molecular complexity index is 278. The molecule has 0 bridgehead atoms. The van der Waals surface area contributed by atoms with Crippen LogP contribution in [0, 0.1) is 23.2 Å². The largest absolute Gasteiger partial charge is 0.355 e. The van der Waals surface area contributed by atoms with Gasteiger partial charge in [0.15, 0.2) is 0 Å². The third-order valence-electron chi connectivity index (χ3n) is 4.47.